The number of hydrogen-bond donors (Lipinski definition) is 1. The smallest absolute Gasteiger partial charge is 0.332 e. The van der Waals surface area contributed by atoms with Gasteiger partial charge in [-0.05, 0) is 65.9 Å². The lowest BCUT2D eigenvalue weighted by molar-refractivity contribution is -0.132. The molecule has 5 aromatic rings. The van der Waals surface area contributed by atoms with E-state index >= 15 is 0 Å². The van der Waals surface area contributed by atoms with Crippen LogP contribution < -0.4 is 21.5 Å². The Labute approximate surface area is 263 Å². The molecule has 0 unspecified atom stereocenters. The molecule has 0 spiro atoms. The molecule has 0 fully saturated rings. The van der Waals surface area contributed by atoms with E-state index in [2.05, 4.69) is 10.5 Å². The van der Waals surface area contributed by atoms with Crippen LogP contribution in [0, 0.1) is 6.92 Å². The molecule has 0 radical (unpaired) electrons. The Balaban J connectivity index is 1.54. The van der Waals surface area contributed by atoms with Gasteiger partial charge in [0.2, 0.25) is 0 Å². The Bertz CT molecular complexity index is 2040. The fourth-order valence-electron chi connectivity index (χ4n) is 5.17. The quantitative estimate of drug-likeness (QED) is 0.0740. The minimum atomic E-state index is -0.544. The number of aryl methyl sites for hydroxylation is 2. The fourth-order valence-corrected chi connectivity index (χ4v) is 6.25. The maximum absolute atomic E-state index is 13.9. The zero-order chi connectivity index (χ0) is 32.1. The number of hydroxylamine groups is 1. The van der Waals surface area contributed by atoms with Gasteiger partial charge >= 0.3 is 12.2 Å². The van der Waals surface area contributed by atoms with Gasteiger partial charge in [0.25, 0.3) is 5.56 Å². The number of benzene rings is 3. The maximum atomic E-state index is 13.9. The molecule has 1 N–H and O–H groups in total. The number of nitrogens with zero attached hydrogens (tertiary/aromatic N) is 3. The molecule has 0 saturated carbocycles. The number of methoxy groups -OCH3 is 1. The minimum Gasteiger partial charge on any atom is -0.497 e. The van der Waals surface area contributed by atoms with E-state index < -0.39 is 11.2 Å². The summed E-state index contributed by atoms with van der Waals surface area (Å²) in [6.07, 6.45) is 0.709. The molecule has 2 heterocycles. The maximum Gasteiger partial charge on any atom is 0.332 e. The Morgan fingerprint density at radius 1 is 1.02 bits per heavy atom. The average molecular weight is 625 g/mol. The topological polar surface area (TPSA) is 121 Å². The minimum absolute atomic E-state index is 0.208. The summed E-state index contributed by atoms with van der Waals surface area (Å²) in [5.74, 6) is 0.644. The first-order valence-electron chi connectivity index (χ1n) is 14.2. The van der Waals surface area contributed by atoms with E-state index in [1.165, 1.54) is 18.4 Å². The Morgan fingerprint density at radius 3 is 2.44 bits per heavy atom. The van der Waals surface area contributed by atoms with Crippen molar-refractivity contribution in [2.75, 3.05) is 14.2 Å². The lowest BCUT2D eigenvalue weighted by Gasteiger charge is -2.16. The summed E-state index contributed by atoms with van der Waals surface area (Å²) < 4.78 is 7.79. The molecule has 0 bridgehead atoms. The fraction of sp³-hybridized carbons (Fsp3) is 0.206. The molecular weight excluding hydrogens is 592 g/mol. The van der Waals surface area contributed by atoms with Crippen LogP contribution in [0.4, 0.5) is 0 Å². The summed E-state index contributed by atoms with van der Waals surface area (Å²) in [6.45, 7) is 4.08. The highest BCUT2D eigenvalue weighted by molar-refractivity contribution is 7.18. The lowest BCUT2D eigenvalue weighted by atomic mass is 9.95. The van der Waals surface area contributed by atoms with Gasteiger partial charge < -0.3 is 9.57 Å². The van der Waals surface area contributed by atoms with Crippen LogP contribution in [0.2, 0.25) is 0 Å². The molecule has 0 saturated heterocycles. The second kappa shape index (κ2) is 13.6. The number of carbonyl (C=O) groups excluding carboxylic acids is 2. The number of aromatic nitrogens is 2. The van der Waals surface area contributed by atoms with Crippen molar-refractivity contribution in [2.45, 2.75) is 33.4 Å². The second-order valence-corrected chi connectivity index (χ2v) is 11.4. The van der Waals surface area contributed by atoms with Crippen LogP contribution in [0.15, 0.2) is 87.4 Å². The number of Topliss-reactive ketones (excluding diaryl/α,β-unsaturated/α-hetero) is 1. The van der Waals surface area contributed by atoms with E-state index in [0.29, 0.717) is 40.3 Å². The van der Waals surface area contributed by atoms with Crippen molar-refractivity contribution in [1.29, 1.82) is 0 Å². The van der Waals surface area contributed by atoms with Gasteiger partial charge in [-0.15, -0.1) is 11.3 Å². The molecule has 2 aromatic heterocycles. The van der Waals surface area contributed by atoms with Crippen LogP contribution in [0.1, 0.15) is 38.8 Å². The van der Waals surface area contributed by atoms with Crippen LogP contribution in [-0.2, 0) is 29.1 Å². The van der Waals surface area contributed by atoms with Crippen molar-refractivity contribution in [3.8, 4) is 16.9 Å². The molecule has 0 aliphatic rings. The first kappa shape index (κ1) is 31.1. The normalized spacial score (nSPS) is 11.4. The number of ether oxygens (including phenoxy) is 1. The number of amidine groups is 1. The highest BCUT2D eigenvalue weighted by Crippen LogP contribution is 2.28. The third-order valence-electron chi connectivity index (χ3n) is 7.60. The second-order valence-electron chi connectivity index (χ2n) is 10.3. The molecule has 0 aliphatic carbocycles. The lowest BCUT2D eigenvalue weighted by Crippen LogP contribution is -2.41. The molecule has 0 aliphatic heterocycles. The predicted octanol–water partition coefficient (Wildman–Crippen LogP) is 4.76. The van der Waals surface area contributed by atoms with Gasteiger partial charge in [0.1, 0.15) is 10.6 Å². The number of hydrogen-bond acceptors (Lipinski definition) is 8. The Morgan fingerprint density at radius 2 is 1.78 bits per heavy atom. The number of carbonyl (C=O) groups is 2. The number of fused-ring (bicyclic) bond motifs is 1. The van der Waals surface area contributed by atoms with E-state index in [1.54, 1.807) is 35.9 Å². The molecule has 0 amide bonds. The van der Waals surface area contributed by atoms with Gasteiger partial charge in [-0.3, -0.25) is 28.5 Å². The summed E-state index contributed by atoms with van der Waals surface area (Å²) in [7, 11) is 3.13. The Kier molecular flexibility index (Phi) is 9.39. The van der Waals surface area contributed by atoms with E-state index in [1.807, 2.05) is 62.4 Å². The SMILES string of the molecule is CCc1cc2c(=O)n(CC(=O)c3ccc(OC)cc3)c(=O)n(Cc3ccc(-c4ccccc4C(=NC)NOC=O)cc3C)c2s1. The van der Waals surface area contributed by atoms with Gasteiger partial charge in [0, 0.05) is 23.1 Å². The summed E-state index contributed by atoms with van der Waals surface area (Å²) >= 11 is 1.41. The van der Waals surface area contributed by atoms with E-state index in [9.17, 15) is 19.2 Å². The van der Waals surface area contributed by atoms with Crippen LogP contribution >= 0.6 is 11.3 Å². The van der Waals surface area contributed by atoms with Crippen molar-refractivity contribution in [2.24, 2.45) is 4.99 Å². The summed E-state index contributed by atoms with van der Waals surface area (Å²) in [5.41, 5.74) is 6.23. The van der Waals surface area contributed by atoms with Gasteiger partial charge in [-0.25, -0.2) is 10.3 Å². The van der Waals surface area contributed by atoms with Crippen molar-refractivity contribution >= 4 is 39.6 Å². The first-order chi connectivity index (χ1) is 21.8. The largest absolute Gasteiger partial charge is 0.497 e. The van der Waals surface area contributed by atoms with Crippen molar-refractivity contribution in [3.63, 3.8) is 0 Å². The van der Waals surface area contributed by atoms with Gasteiger partial charge in [-0.2, -0.15) is 0 Å². The van der Waals surface area contributed by atoms with E-state index in [-0.39, 0.29) is 18.9 Å². The number of rotatable bonds is 11. The van der Waals surface area contributed by atoms with Crippen molar-refractivity contribution in [3.05, 3.63) is 121 Å². The summed E-state index contributed by atoms with van der Waals surface area (Å²) in [5, 5.41) is 0.415. The van der Waals surface area contributed by atoms with E-state index in [4.69, 9.17) is 9.57 Å². The summed E-state index contributed by atoms with van der Waals surface area (Å²) in [6, 6.07) is 21.9. The molecule has 230 valence electrons. The zero-order valence-corrected chi connectivity index (χ0v) is 26.1. The average Bonchev–Trinajstić information content (AvgIpc) is 3.51. The molecule has 10 nitrogen and oxygen atoms in total. The molecule has 5 rings (SSSR count). The van der Waals surface area contributed by atoms with Gasteiger partial charge in [0.05, 0.1) is 25.6 Å². The molecular formula is C34H32N4O6S. The van der Waals surface area contributed by atoms with Gasteiger partial charge in [-0.1, -0.05) is 49.4 Å². The van der Waals surface area contributed by atoms with Crippen LogP contribution in [0.25, 0.3) is 21.3 Å². The highest BCUT2D eigenvalue weighted by Gasteiger charge is 2.20. The highest BCUT2D eigenvalue weighted by atomic mass is 32.1. The summed E-state index contributed by atoms with van der Waals surface area (Å²) in [4.78, 5) is 61.9. The Hall–Kier alpha value is -5.29. The van der Waals surface area contributed by atoms with Crippen LogP contribution in [-0.4, -0.2) is 41.4 Å². The van der Waals surface area contributed by atoms with Crippen molar-refractivity contribution in [1.82, 2.24) is 14.6 Å². The number of nitrogens with one attached hydrogen (secondary N) is 1. The predicted molar refractivity (Wildman–Crippen MR) is 176 cm³/mol. The standard InChI is InChI=1S/C34H32N4O6S/c1-5-26-17-29-32(41)37(19-30(40)22-12-14-25(43-4)15-13-22)34(42)38(33(29)45-26)18-24-11-10-23(16-21(24)2)27-8-6-7-9-28(27)31(35-3)36-44-20-39/h6-17,20H,5,18-19H2,1-4H3,(H,35,36). The number of ketones is 1. The van der Waals surface area contributed by atoms with Crippen molar-refractivity contribution < 1.29 is 19.2 Å². The van der Waals surface area contributed by atoms with Crippen LogP contribution in [0.3, 0.4) is 0 Å². The van der Waals surface area contributed by atoms with Crippen LogP contribution in [0.5, 0.6) is 5.75 Å². The number of thiophene rings is 1. The first-order valence-corrected chi connectivity index (χ1v) is 15.1. The number of aliphatic imine (C=N–C) groups is 1. The monoisotopic (exact) mass is 624 g/mol. The molecule has 11 heteroatoms. The van der Waals surface area contributed by atoms with E-state index in [0.717, 1.165) is 37.3 Å². The third-order valence-corrected chi connectivity index (χ3v) is 8.90. The molecule has 0 atom stereocenters. The molecule has 3 aromatic carbocycles. The zero-order valence-electron chi connectivity index (χ0n) is 25.3. The third kappa shape index (κ3) is 6.34. The molecule has 45 heavy (non-hydrogen) atoms. The van der Waals surface area contributed by atoms with Gasteiger partial charge in [0.15, 0.2) is 11.6 Å².